The fourth-order valence-corrected chi connectivity index (χ4v) is 1.44. The van der Waals surface area contributed by atoms with Crippen molar-refractivity contribution in [3.05, 3.63) is 40.8 Å². The molecule has 76 valence electrons. The highest BCUT2D eigenvalue weighted by Crippen LogP contribution is 2.14. The van der Waals surface area contributed by atoms with Crippen LogP contribution in [0.15, 0.2) is 39.7 Å². The van der Waals surface area contributed by atoms with Crippen LogP contribution in [0.3, 0.4) is 0 Å². The Morgan fingerprint density at radius 1 is 1.47 bits per heavy atom. The van der Waals surface area contributed by atoms with Gasteiger partial charge < -0.3 is 9.84 Å². The number of halogens is 1. The second kappa shape index (κ2) is 4.22. The normalized spacial score (nSPS) is 9.93. The number of hydrogen-bond acceptors (Lipinski definition) is 4. The van der Waals surface area contributed by atoms with Crippen LogP contribution in [0.25, 0.3) is 0 Å². The van der Waals surface area contributed by atoms with Crippen LogP contribution in [0.1, 0.15) is 10.5 Å². The molecule has 0 aliphatic carbocycles. The fourth-order valence-electron chi connectivity index (χ4n) is 1.01. The molecule has 0 saturated carbocycles. The van der Waals surface area contributed by atoms with Crippen molar-refractivity contribution in [1.82, 2.24) is 10.1 Å². The van der Waals surface area contributed by atoms with Crippen LogP contribution in [0, 0.1) is 0 Å². The van der Waals surface area contributed by atoms with Gasteiger partial charge in [-0.25, -0.2) is 4.98 Å². The van der Waals surface area contributed by atoms with E-state index in [1.807, 2.05) is 0 Å². The zero-order valence-electron chi connectivity index (χ0n) is 7.48. The molecule has 5 nitrogen and oxygen atoms in total. The molecular formula is C9H6BrN3O2. The molecule has 2 aromatic heterocycles. The van der Waals surface area contributed by atoms with E-state index in [4.69, 9.17) is 0 Å². The average molecular weight is 268 g/mol. The summed E-state index contributed by atoms with van der Waals surface area (Å²) >= 11 is 3.23. The number of hydrogen-bond donors (Lipinski definition) is 1. The maximum atomic E-state index is 11.6. The lowest BCUT2D eigenvalue weighted by Crippen LogP contribution is -2.14. The van der Waals surface area contributed by atoms with Gasteiger partial charge in [0.05, 0.1) is 0 Å². The number of aromatic nitrogens is 2. The third kappa shape index (κ3) is 2.21. The molecule has 0 unspecified atom stereocenters. The van der Waals surface area contributed by atoms with Crippen molar-refractivity contribution in [2.45, 2.75) is 0 Å². The van der Waals surface area contributed by atoms with E-state index in [2.05, 4.69) is 35.9 Å². The van der Waals surface area contributed by atoms with Crippen LogP contribution >= 0.6 is 15.9 Å². The summed E-state index contributed by atoms with van der Waals surface area (Å²) in [6.45, 7) is 0. The van der Waals surface area contributed by atoms with Crippen LogP contribution in [0.2, 0.25) is 0 Å². The molecule has 0 atom stereocenters. The number of anilines is 1. The molecule has 0 spiro atoms. The van der Waals surface area contributed by atoms with E-state index in [0.717, 1.165) is 0 Å². The fraction of sp³-hybridized carbons (Fsp3) is 0. The molecule has 0 bridgehead atoms. The smallest absolute Gasteiger partial charge is 0.276 e. The minimum Gasteiger partial charge on any atom is -0.363 e. The summed E-state index contributed by atoms with van der Waals surface area (Å²) in [6.07, 6.45) is 2.92. The quantitative estimate of drug-likeness (QED) is 0.905. The number of nitrogens with one attached hydrogen (secondary N) is 1. The van der Waals surface area contributed by atoms with E-state index in [9.17, 15) is 4.79 Å². The highest BCUT2D eigenvalue weighted by atomic mass is 79.9. The molecule has 0 aliphatic heterocycles. The maximum Gasteiger partial charge on any atom is 0.276 e. The largest absolute Gasteiger partial charge is 0.363 e. The monoisotopic (exact) mass is 267 g/mol. The highest BCUT2D eigenvalue weighted by Gasteiger charge is 2.11. The van der Waals surface area contributed by atoms with Gasteiger partial charge in [0.1, 0.15) is 12.0 Å². The number of amides is 1. The summed E-state index contributed by atoms with van der Waals surface area (Å²) in [4.78, 5) is 15.6. The van der Waals surface area contributed by atoms with Gasteiger partial charge in [0, 0.05) is 16.7 Å². The van der Waals surface area contributed by atoms with E-state index in [0.29, 0.717) is 16.0 Å². The Labute approximate surface area is 93.6 Å². The zero-order chi connectivity index (χ0) is 10.7. The van der Waals surface area contributed by atoms with Crippen molar-refractivity contribution in [1.29, 1.82) is 0 Å². The van der Waals surface area contributed by atoms with Crippen LogP contribution < -0.4 is 5.32 Å². The van der Waals surface area contributed by atoms with Crippen molar-refractivity contribution in [2.24, 2.45) is 0 Å². The Hall–Kier alpha value is -1.69. The van der Waals surface area contributed by atoms with E-state index in [-0.39, 0.29) is 5.91 Å². The molecule has 2 aromatic rings. The summed E-state index contributed by atoms with van der Waals surface area (Å²) in [5.74, 6) is 0.0222. The molecule has 2 heterocycles. The van der Waals surface area contributed by atoms with E-state index in [1.165, 1.54) is 6.26 Å². The van der Waals surface area contributed by atoms with Gasteiger partial charge in [0.25, 0.3) is 5.91 Å². The molecule has 0 radical (unpaired) electrons. The molecule has 6 heteroatoms. The summed E-state index contributed by atoms with van der Waals surface area (Å²) in [6, 6.07) is 5.02. The van der Waals surface area contributed by atoms with Crippen molar-refractivity contribution < 1.29 is 9.32 Å². The standard InChI is InChI=1S/C9H6BrN3O2/c10-6-2-1-4-11-8(6)9(14)12-7-3-5-15-13-7/h1-5H,(H,12,13,14). The Morgan fingerprint density at radius 3 is 3.00 bits per heavy atom. The number of nitrogens with zero attached hydrogens (tertiary/aromatic N) is 2. The lowest BCUT2D eigenvalue weighted by Gasteiger charge is -2.01. The Kier molecular flexibility index (Phi) is 2.77. The number of pyridine rings is 1. The molecule has 15 heavy (non-hydrogen) atoms. The lowest BCUT2D eigenvalue weighted by atomic mass is 10.3. The first-order valence-corrected chi connectivity index (χ1v) is 4.89. The topological polar surface area (TPSA) is 68.0 Å². The van der Waals surface area contributed by atoms with Gasteiger partial charge in [-0.1, -0.05) is 5.16 Å². The van der Waals surface area contributed by atoms with Crippen LogP contribution in [-0.2, 0) is 0 Å². The molecule has 1 amide bonds. The first-order valence-electron chi connectivity index (χ1n) is 4.09. The molecule has 0 aromatic carbocycles. The van der Waals surface area contributed by atoms with Gasteiger partial charge in [0.2, 0.25) is 0 Å². The minimum absolute atomic E-state index is 0.306. The SMILES string of the molecule is O=C(Nc1ccon1)c1ncccc1Br. The summed E-state index contributed by atoms with van der Waals surface area (Å²) in [5, 5.41) is 6.10. The Bertz CT molecular complexity index is 470. The predicted octanol–water partition coefficient (Wildman–Crippen LogP) is 2.08. The maximum absolute atomic E-state index is 11.6. The summed E-state index contributed by atoms with van der Waals surface area (Å²) in [7, 11) is 0. The number of carbonyl (C=O) groups excluding carboxylic acids is 1. The minimum atomic E-state index is -0.337. The third-order valence-electron chi connectivity index (χ3n) is 1.65. The van der Waals surface area contributed by atoms with E-state index >= 15 is 0 Å². The third-order valence-corrected chi connectivity index (χ3v) is 2.29. The Balaban J connectivity index is 2.19. The van der Waals surface area contributed by atoms with Crippen molar-refractivity contribution in [3.8, 4) is 0 Å². The molecule has 2 rings (SSSR count). The van der Waals surface area contributed by atoms with Gasteiger partial charge >= 0.3 is 0 Å². The second-order valence-electron chi connectivity index (χ2n) is 2.67. The van der Waals surface area contributed by atoms with Crippen LogP contribution in [-0.4, -0.2) is 16.0 Å². The molecular weight excluding hydrogens is 262 g/mol. The first-order chi connectivity index (χ1) is 7.27. The van der Waals surface area contributed by atoms with Gasteiger partial charge in [-0.15, -0.1) is 0 Å². The van der Waals surface area contributed by atoms with Gasteiger partial charge in [-0.3, -0.25) is 4.79 Å². The molecule has 0 fully saturated rings. The number of rotatable bonds is 2. The van der Waals surface area contributed by atoms with Gasteiger partial charge in [0.15, 0.2) is 5.82 Å². The second-order valence-corrected chi connectivity index (χ2v) is 3.53. The van der Waals surface area contributed by atoms with Crippen molar-refractivity contribution in [3.63, 3.8) is 0 Å². The van der Waals surface area contributed by atoms with E-state index < -0.39 is 0 Å². The molecule has 1 N–H and O–H groups in total. The van der Waals surface area contributed by atoms with Gasteiger partial charge in [-0.05, 0) is 28.1 Å². The van der Waals surface area contributed by atoms with E-state index in [1.54, 1.807) is 24.4 Å². The summed E-state index contributed by atoms with van der Waals surface area (Å²) in [5.41, 5.74) is 0.306. The van der Waals surface area contributed by atoms with Crippen molar-refractivity contribution >= 4 is 27.7 Å². The lowest BCUT2D eigenvalue weighted by molar-refractivity contribution is 0.102. The summed E-state index contributed by atoms with van der Waals surface area (Å²) < 4.78 is 5.22. The average Bonchev–Trinajstić information content (AvgIpc) is 2.71. The first kappa shape index (κ1) is 9.85. The predicted molar refractivity (Wildman–Crippen MR) is 56.4 cm³/mol. The molecule has 0 aliphatic rings. The van der Waals surface area contributed by atoms with Crippen LogP contribution in [0.4, 0.5) is 5.82 Å². The number of carbonyl (C=O) groups is 1. The van der Waals surface area contributed by atoms with Crippen LogP contribution in [0.5, 0.6) is 0 Å². The zero-order valence-corrected chi connectivity index (χ0v) is 9.06. The highest BCUT2D eigenvalue weighted by molar-refractivity contribution is 9.10. The van der Waals surface area contributed by atoms with Crippen molar-refractivity contribution in [2.75, 3.05) is 5.32 Å². The Morgan fingerprint density at radius 2 is 2.33 bits per heavy atom. The van der Waals surface area contributed by atoms with Gasteiger partial charge in [-0.2, -0.15) is 0 Å². The molecule has 0 saturated heterocycles.